The number of aromatic nitrogens is 1. The van der Waals surface area contributed by atoms with Crippen LogP contribution in [-0.2, 0) is 22.6 Å². The lowest BCUT2D eigenvalue weighted by molar-refractivity contribution is -0.137. The van der Waals surface area contributed by atoms with Crippen molar-refractivity contribution in [3.63, 3.8) is 0 Å². The minimum Gasteiger partial charge on any atom is -0.494 e. The molecule has 0 atom stereocenters. The second-order valence-corrected chi connectivity index (χ2v) is 9.95. The molecule has 0 amide bonds. The number of carboxylic acid groups (broad SMARTS) is 2. The minimum atomic E-state index is -0.924. The van der Waals surface area contributed by atoms with Gasteiger partial charge in [0.1, 0.15) is 17.3 Å². The van der Waals surface area contributed by atoms with Gasteiger partial charge in [0.25, 0.3) is 0 Å². The Labute approximate surface area is 242 Å². The van der Waals surface area contributed by atoms with Gasteiger partial charge < -0.3 is 24.3 Å². The van der Waals surface area contributed by atoms with Crippen LogP contribution in [-0.4, -0.2) is 39.9 Å². The van der Waals surface area contributed by atoms with E-state index >= 15 is 0 Å². The smallest absolute Gasteiger partial charge is 0.307 e. The lowest BCUT2D eigenvalue weighted by Crippen LogP contribution is -2.03. The van der Waals surface area contributed by atoms with E-state index < -0.39 is 17.8 Å². The van der Waals surface area contributed by atoms with Gasteiger partial charge in [-0.2, -0.15) is 0 Å². The van der Waals surface area contributed by atoms with Crippen molar-refractivity contribution < 1.29 is 33.7 Å². The Morgan fingerprint density at radius 2 is 1.66 bits per heavy atom. The quantitative estimate of drug-likeness (QED) is 0.113. The van der Waals surface area contributed by atoms with Crippen LogP contribution < -0.4 is 9.47 Å². The number of fused-ring (bicyclic) bond motifs is 1. The van der Waals surface area contributed by atoms with Crippen molar-refractivity contribution in [3.05, 3.63) is 94.4 Å². The fourth-order valence-electron chi connectivity index (χ4n) is 4.52. The largest absolute Gasteiger partial charge is 0.494 e. The highest BCUT2D eigenvalue weighted by Gasteiger charge is 2.14. The van der Waals surface area contributed by atoms with Gasteiger partial charge in [0.05, 0.1) is 24.7 Å². The monoisotopic (exact) mass is 579 g/mol. The topological polar surface area (TPSA) is 98.0 Å². The zero-order chi connectivity index (χ0) is 29.2. The molecule has 0 spiro atoms. The molecule has 0 radical (unpaired) electrons. The Morgan fingerprint density at radius 1 is 0.902 bits per heavy atom. The number of rotatable bonds is 15. The summed E-state index contributed by atoms with van der Waals surface area (Å²) < 4.78 is 26.6. The molecule has 41 heavy (non-hydrogen) atoms. The number of aliphatic carboxylic acids is 2. The first kappa shape index (κ1) is 29.7. The van der Waals surface area contributed by atoms with Gasteiger partial charge in [0.2, 0.25) is 0 Å². The van der Waals surface area contributed by atoms with E-state index in [0.29, 0.717) is 42.5 Å². The lowest BCUT2D eigenvalue weighted by atomic mass is 10.0. The molecule has 4 rings (SSSR count). The molecular formula is C32H31ClFNO6. The van der Waals surface area contributed by atoms with Gasteiger partial charge in [-0.1, -0.05) is 48.0 Å². The van der Waals surface area contributed by atoms with Crippen LogP contribution in [0.5, 0.6) is 11.5 Å². The van der Waals surface area contributed by atoms with Gasteiger partial charge in [-0.25, -0.2) is 4.39 Å². The van der Waals surface area contributed by atoms with Crippen LogP contribution in [0.25, 0.3) is 23.1 Å². The number of benzene rings is 3. The molecule has 2 N–H and O–H groups in total. The summed E-state index contributed by atoms with van der Waals surface area (Å²) in [5.74, 6) is -1.10. The van der Waals surface area contributed by atoms with Crippen LogP contribution in [0.1, 0.15) is 42.4 Å². The summed E-state index contributed by atoms with van der Waals surface area (Å²) in [6, 6.07) is 17.5. The molecule has 0 saturated carbocycles. The summed E-state index contributed by atoms with van der Waals surface area (Å²) in [5, 5.41) is 19.6. The Balaban J connectivity index is 1.34. The van der Waals surface area contributed by atoms with E-state index in [1.165, 1.54) is 18.2 Å². The van der Waals surface area contributed by atoms with Gasteiger partial charge >= 0.3 is 11.9 Å². The molecule has 1 heterocycles. The highest BCUT2D eigenvalue weighted by Crippen LogP contribution is 2.28. The number of ether oxygens (including phenoxy) is 2. The van der Waals surface area contributed by atoms with Crippen molar-refractivity contribution >= 4 is 46.6 Å². The summed E-state index contributed by atoms with van der Waals surface area (Å²) in [5.41, 5.74) is 3.41. The molecule has 0 unspecified atom stereocenters. The number of halogens is 2. The first-order valence-electron chi connectivity index (χ1n) is 13.3. The average molecular weight is 580 g/mol. The SMILES string of the molecule is O=C(O)CCCn1cc(CC(=O)O)c2c(/C=C/c3ccc(OCCCCOc4cc(F)ccc4Cl)cc3)cccc21. The second-order valence-electron chi connectivity index (χ2n) is 9.54. The highest BCUT2D eigenvalue weighted by atomic mass is 35.5. The van der Waals surface area contributed by atoms with Crippen molar-refractivity contribution in [2.24, 2.45) is 0 Å². The molecule has 0 saturated heterocycles. The normalized spacial score (nSPS) is 11.3. The summed E-state index contributed by atoms with van der Waals surface area (Å²) >= 11 is 6.00. The van der Waals surface area contributed by atoms with Crippen molar-refractivity contribution in [1.82, 2.24) is 4.57 Å². The molecule has 1 aromatic heterocycles. The maximum Gasteiger partial charge on any atom is 0.307 e. The first-order chi connectivity index (χ1) is 19.8. The van der Waals surface area contributed by atoms with Crippen LogP contribution >= 0.6 is 11.6 Å². The van der Waals surface area contributed by atoms with E-state index in [0.717, 1.165) is 40.6 Å². The van der Waals surface area contributed by atoms with E-state index in [9.17, 15) is 19.1 Å². The van der Waals surface area contributed by atoms with Crippen molar-refractivity contribution in [2.45, 2.75) is 38.6 Å². The van der Waals surface area contributed by atoms with Crippen molar-refractivity contribution in [1.29, 1.82) is 0 Å². The third kappa shape index (κ3) is 8.59. The van der Waals surface area contributed by atoms with Gasteiger partial charge in [-0.05, 0) is 66.3 Å². The maximum atomic E-state index is 13.3. The number of aryl methyl sites for hydroxylation is 1. The summed E-state index contributed by atoms with van der Waals surface area (Å²) in [6.45, 7) is 1.40. The van der Waals surface area contributed by atoms with Gasteiger partial charge in [-0.15, -0.1) is 0 Å². The molecule has 7 nitrogen and oxygen atoms in total. The minimum absolute atomic E-state index is 0.0492. The molecule has 0 bridgehead atoms. The molecule has 0 aliphatic heterocycles. The molecule has 3 aromatic carbocycles. The maximum absolute atomic E-state index is 13.3. The molecular weight excluding hydrogens is 549 g/mol. The zero-order valence-corrected chi connectivity index (χ0v) is 23.1. The molecule has 0 aliphatic carbocycles. The number of unbranched alkanes of at least 4 members (excludes halogenated alkanes) is 1. The molecule has 0 fully saturated rings. The standard InChI is InChI=1S/C32H31ClFNO6/c33-27-15-12-25(34)20-29(27)41-18-2-1-17-40-26-13-9-22(10-14-26)8-11-23-5-3-6-28-32(23)24(19-31(38)39)21-35(28)16-4-7-30(36)37/h3,5-6,8-15,20-21H,1-2,4,7,16-19H2,(H,36,37)(H,38,39)/b11-8+. The summed E-state index contributed by atoms with van der Waals surface area (Å²) in [4.78, 5) is 22.4. The third-order valence-electron chi connectivity index (χ3n) is 6.44. The number of hydrogen-bond donors (Lipinski definition) is 2. The van der Waals surface area contributed by atoms with Crippen molar-refractivity contribution in [3.8, 4) is 11.5 Å². The van der Waals surface area contributed by atoms with Gasteiger partial charge in [0, 0.05) is 36.1 Å². The Kier molecular flexibility index (Phi) is 10.4. The van der Waals surface area contributed by atoms with Crippen LogP contribution in [0.2, 0.25) is 5.02 Å². The summed E-state index contributed by atoms with van der Waals surface area (Å²) in [7, 11) is 0. The predicted octanol–water partition coefficient (Wildman–Crippen LogP) is 7.33. The molecule has 9 heteroatoms. The second kappa shape index (κ2) is 14.4. The first-order valence-corrected chi connectivity index (χ1v) is 13.7. The van der Waals surface area contributed by atoms with Crippen LogP contribution in [0.4, 0.5) is 4.39 Å². The highest BCUT2D eigenvalue weighted by molar-refractivity contribution is 6.32. The van der Waals surface area contributed by atoms with E-state index in [-0.39, 0.29) is 12.8 Å². The van der Waals surface area contributed by atoms with Crippen LogP contribution in [0, 0.1) is 5.82 Å². The van der Waals surface area contributed by atoms with Crippen molar-refractivity contribution in [2.75, 3.05) is 13.2 Å². The van der Waals surface area contributed by atoms with Gasteiger partial charge in [0.15, 0.2) is 0 Å². The Morgan fingerprint density at radius 3 is 2.39 bits per heavy atom. The number of carboxylic acids is 2. The van der Waals surface area contributed by atoms with Crippen LogP contribution in [0.15, 0.2) is 66.9 Å². The zero-order valence-electron chi connectivity index (χ0n) is 22.4. The number of hydrogen-bond acceptors (Lipinski definition) is 4. The lowest BCUT2D eigenvalue weighted by Gasteiger charge is -2.09. The fraction of sp³-hybridized carbons (Fsp3) is 0.250. The third-order valence-corrected chi connectivity index (χ3v) is 6.75. The molecule has 4 aromatic rings. The number of carbonyl (C=O) groups is 2. The Bertz CT molecular complexity index is 1530. The van der Waals surface area contributed by atoms with Gasteiger partial charge in [-0.3, -0.25) is 9.59 Å². The number of nitrogens with zero attached hydrogens (tertiary/aromatic N) is 1. The van der Waals surface area contributed by atoms with E-state index in [1.807, 2.05) is 65.4 Å². The van der Waals surface area contributed by atoms with E-state index in [1.54, 1.807) is 0 Å². The fourth-order valence-corrected chi connectivity index (χ4v) is 4.69. The van der Waals surface area contributed by atoms with E-state index in [2.05, 4.69) is 0 Å². The van der Waals surface area contributed by atoms with Crippen LogP contribution in [0.3, 0.4) is 0 Å². The predicted molar refractivity (Wildman–Crippen MR) is 157 cm³/mol. The average Bonchev–Trinajstić information content (AvgIpc) is 3.28. The summed E-state index contributed by atoms with van der Waals surface area (Å²) in [6.07, 6.45) is 7.59. The molecule has 214 valence electrons. The Hall–Kier alpha value is -4.30. The van der Waals surface area contributed by atoms with E-state index in [4.69, 9.17) is 26.2 Å². The molecule has 0 aliphatic rings.